The maximum Gasteiger partial charge on any atom is 0.255 e. The molecule has 0 aliphatic rings. The largest absolute Gasteiger partial charge is 0.346 e. The summed E-state index contributed by atoms with van der Waals surface area (Å²) in [6.07, 6.45) is 1.43. The van der Waals surface area contributed by atoms with Crippen LogP contribution in [-0.4, -0.2) is 26.3 Å². The molecule has 2 aromatic heterocycles. The van der Waals surface area contributed by atoms with Crippen LogP contribution >= 0.6 is 0 Å². The van der Waals surface area contributed by atoms with E-state index in [4.69, 9.17) is 0 Å². The van der Waals surface area contributed by atoms with Gasteiger partial charge in [-0.3, -0.25) is 15.0 Å². The second-order valence-corrected chi connectivity index (χ2v) is 6.00. The Hall–Kier alpha value is -3.74. The Bertz CT molecular complexity index is 1070. The first-order valence-corrected chi connectivity index (χ1v) is 8.38. The number of halogens is 1. The van der Waals surface area contributed by atoms with Gasteiger partial charge in [-0.25, -0.2) is 4.39 Å². The Morgan fingerprint density at radius 1 is 1.00 bits per heavy atom. The fourth-order valence-electron chi connectivity index (χ4n) is 2.80. The van der Waals surface area contributed by atoms with Crippen molar-refractivity contribution in [1.29, 1.82) is 0 Å². The molecule has 0 aliphatic carbocycles. The SMILES string of the molecule is O=C(NCc1cc(-c2ccccc2)n[nH]1)c1cn[nH]c1-c1cccc(F)c1. The van der Waals surface area contributed by atoms with Crippen molar-refractivity contribution >= 4 is 5.91 Å². The van der Waals surface area contributed by atoms with Gasteiger partial charge in [0.25, 0.3) is 5.91 Å². The molecule has 0 saturated heterocycles. The summed E-state index contributed by atoms with van der Waals surface area (Å²) in [6.45, 7) is 0.284. The summed E-state index contributed by atoms with van der Waals surface area (Å²) in [6, 6.07) is 17.7. The summed E-state index contributed by atoms with van der Waals surface area (Å²) in [7, 11) is 0. The van der Waals surface area contributed by atoms with Crippen LogP contribution < -0.4 is 5.32 Å². The second-order valence-electron chi connectivity index (χ2n) is 6.00. The normalized spacial score (nSPS) is 10.7. The van der Waals surface area contributed by atoms with Crippen molar-refractivity contribution < 1.29 is 9.18 Å². The van der Waals surface area contributed by atoms with Crippen LogP contribution in [0.5, 0.6) is 0 Å². The van der Waals surface area contributed by atoms with Crippen LogP contribution in [0.3, 0.4) is 0 Å². The standard InChI is InChI=1S/C20H16FN5O/c21-15-8-4-7-14(9-15)19-17(12-23-26-19)20(27)22-11-16-10-18(25-24-16)13-5-2-1-3-6-13/h1-10,12H,11H2,(H,22,27)(H,23,26)(H,24,25). The van der Waals surface area contributed by atoms with E-state index in [0.717, 1.165) is 17.0 Å². The number of H-pyrrole nitrogens is 2. The van der Waals surface area contributed by atoms with Crippen molar-refractivity contribution in [3.63, 3.8) is 0 Å². The third-order valence-electron chi connectivity index (χ3n) is 4.14. The lowest BCUT2D eigenvalue weighted by Crippen LogP contribution is -2.23. The van der Waals surface area contributed by atoms with E-state index in [-0.39, 0.29) is 18.3 Å². The molecule has 3 N–H and O–H groups in total. The van der Waals surface area contributed by atoms with Crippen LogP contribution in [0.4, 0.5) is 4.39 Å². The number of amides is 1. The van der Waals surface area contributed by atoms with E-state index < -0.39 is 0 Å². The van der Waals surface area contributed by atoms with Crippen LogP contribution in [0.1, 0.15) is 16.1 Å². The van der Waals surface area contributed by atoms with Gasteiger partial charge in [0.15, 0.2) is 0 Å². The molecular weight excluding hydrogens is 345 g/mol. The average molecular weight is 361 g/mol. The molecule has 0 spiro atoms. The molecule has 0 radical (unpaired) electrons. The zero-order chi connectivity index (χ0) is 18.6. The molecule has 27 heavy (non-hydrogen) atoms. The van der Waals surface area contributed by atoms with Gasteiger partial charge in [0.2, 0.25) is 0 Å². The Kier molecular flexibility index (Phi) is 4.49. The number of carbonyl (C=O) groups excluding carboxylic acids is 1. The van der Waals surface area contributed by atoms with Gasteiger partial charge in [-0.15, -0.1) is 0 Å². The molecular formula is C20H16FN5O. The molecule has 2 aromatic carbocycles. The number of nitrogens with zero attached hydrogens (tertiary/aromatic N) is 2. The van der Waals surface area contributed by atoms with E-state index in [1.807, 2.05) is 36.4 Å². The molecule has 134 valence electrons. The van der Waals surface area contributed by atoms with Gasteiger partial charge in [0, 0.05) is 11.1 Å². The highest BCUT2D eigenvalue weighted by molar-refractivity contribution is 5.99. The van der Waals surface area contributed by atoms with Crippen molar-refractivity contribution in [3.8, 4) is 22.5 Å². The van der Waals surface area contributed by atoms with Crippen LogP contribution in [-0.2, 0) is 6.54 Å². The predicted octanol–water partition coefficient (Wildman–Crippen LogP) is 3.54. The Labute approximate surface area is 154 Å². The third kappa shape index (κ3) is 3.62. The average Bonchev–Trinajstić information content (AvgIpc) is 3.36. The van der Waals surface area contributed by atoms with Gasteiger partial charge in [-0.05, 0) is 18.2 Å². The molecule has 0 atom stereocenters. The van der Waals surface area contributed by atoms with Crippen LogP contribution in [0.2, 0.25) is 0 Å². The van der Waals surface area contributed by atoms with Gasteiger partial charge >= 0.3 is 0 Å². The van der Waals surface area contributed by atoms with Crippen molar-refractivity contribution in [3.05, 3.63) is 83.9 Å². The summed E-state index contributed by atoms with van der Waals surface area (Å²) in [5.74, 6) is -0.682. The molecule has 2 heterocycles. The monoisotopic (exact) mass is 361 g/mol. The van der Waals surface area contributed by atoms with Crippen LogP contribution in [0, 0.1) is 5.82 Å². The third-order valence-corrected chi connectivity index (χ3v) is 4.14. The molecule has 4 rings (SSSR count). The summed E-state index contributed by atoms with van der Waals surface area (Å²) < 4.78 is 13.5. The zero-order valence-electron chi connectivity index (χ0n) is 14.2. The fourth-order valence-corrected chi connectivity index (χ4v) is 2.80. The second kappa shape index (κ2) is 7.25. The van der Waals surface area contributed by atoms with Gasteiger partial charge in [0.1, 0.15) is 5.82 Å². The molecule has 0 unspecified atom stereocenters. The van der Waals surface area contributed by atoms with E-state index in [1.165, 1.54) is 18.3 Å². The topological polar surface area (TPSA) is 86.5 Å². The lowest BCUT2D eigenvalue weighted by molar-refractivity contribution is 0.0951. The minimum absolute atomic E-state index is 0.284. The summed E-state index contributed by atoms with van der Waals surface area (Å²) in [5, 5.41) is 16.7. The highest BCUT2D eigenvalue weighted by atomic mass is 19.1. The van der Waals surface area contributed by atoms with E-state index in [0.29, 0.717) is 16.8 Å². The molecule has 0 bridgehead atoms. The molecule has 0 aliphatic heterocycles. The van der Waals surface area contributed by atoms with Gasteiger partial charge in [-0.2, -0.15) is 10.2 Å². The number of hydrogen-bond donors (Lipinski definition) is 3. The lowest BCUT2D eigenvalue weighted by atomic mass is 10.1. The van der Waals surface area contributed by atoms with Crippen molar-refractivity contribution in [2.45, 2.75) is 6.54 Å². The fraction of sp³-hybridized carbons (Fsp3) is 0.0500. The maximum absolute atomic E-state index is 13.5. The highest BCUT2D eigenvalue weighted by Crippen LogP contribution is 2.22. The Balaban J connectivity index is 1.47. The summed E-state index contributed by atoms with van der Waals surface area (Å²) in [5.41, 5.74) is 3.96. The van der Waals surface area contributed by atoms with Gasteiger partial charge in [-0.1, -0.05) is 42.5 Å². The number of aromatic amines is 2. The number of rotatable bonds is 5. The number of aromatic nitrogens is 4. The summed E-state index contributed by atoms with van der Waals surface area (Å²) >= 11 is 0. The van der Waals surface area contributed by atoms with Gasteiger partial charge < -0.3 is 5.32 Å². The van der Waals surface area contributed by atoms with E-state index in [2.05, 4.69) is 25.7 Å². The van der Waals surface area contributed by atoms with E-state index in [9.17, 15) is 9.18 Å². The molecule has 7 heteroatoms. The van der Waals surface area contributed by atoms with Gasteiger partial charge in [0.05, 0.1) is 35.4 Å². The number of nitrogens with one attached hydrogen (secondary N) is 3. The van der Waals surface area contributed by atoms with Crippen LogP contribution in [0.15, 0.2) is 66.9 Å². The van der Waals surface area contributed by atoms with Crippen molar-refractivity contribution in [1.82, 2.24) is 25.7 Å². The minimum Gasteiger partial charge on any atom is -0.346 e. The Morgan fingerprint density at radius 3 is 2.63 bits per heavy atom. The quantitative estimate of drug-likeness (QED) is 0.508. The molecule has 1 amide bonds. The first-order chi connectivity index (χ1) is 13.2. The molecule has 0 fully saturated rings. The molecule has 4 aromatic rings. The van der Waals surface area contributed by atoms with Crippen molar-refractivity contribution in [2.24, 2.45) is 0 Å². The first-order valence-electron chi connectivity index (χ1n) is 8.38. The smallest absolute Gasteiger partial charge is 0.255 e. The van der Waals surface area contributed by atoms with E-state index >= 15 is 0 Å². The lowest BCUT2D eigenvalue weighted by Gasteiger charge is -2.05. The first kappa shape index (κ1) is 16.7. The maximum atomic E-state index is 13.5. The highest BCUT2D eigenvalue weighted by Gasteiger charge is 2.16. The van der Waals surface area contributed by atoms with Crippen LogP contribution in [0.25, 0.3) is 22.5 Å². The predicted molar refractivity (Wildman–Crippen MR) is 99.2 cm³/mol. The number of carbonyl (C=O) groups is 1. The van der Waals surface area contributed by atoms with E-state index in [1.54, 1.807) is 12.1 Å². The summed E-state index contributed by atoms with van der Waals surface area (Å²) in [4.78, 5) is 12.5. The molecule has 0 saturated carbocycles. The van der Waals surface area contributed by atoms with Crippen molar-refractivity contribution in [2.75, 3.05) is 0 Å². The number of hydrogen-bond acceptors (Lipinski definition) is 3. The minimum atomic E-state index is -0.376. The number of benzene rings is 2. The molecule has 6 nitrogen and oxygen atoms in total. The Morgan fingerprint density at radius 2 is 1.81 bits per heavy atom. The zero-order valence-corrected chi connectivity index (χ0v) is 14.2.